The van der Waals surface area contributed by atoms with E-state index in [1.165, 1.54) is 0 Å². The number of hydrogen-bond acceptors (Lipinski definition) is 6. The van der Waals surface area contributed by atoms with E-state index in [2.05, 4.69) is 20.2 Å². The molecule has 0 saturated heterocycles. The molecule has 0 unspecified atom stereocenters. The third-order valence-corrected chi connectivity index (χ3v) is 3.38. The summed E-state index contributed by atoms with van der Waals surface area (Å²) in [7, 11) is 0. The largest absolute Gasteiger partial charge is 0.448 e. The van der Waals surface area contributed by atoms with Crippen molar-refractivity contribution in [3.05, 3.63) is 35.7 Å². The molecule has 8 heteroatoms. The number of ether oxygens (including phenoxy) is 1. The van der Waals surface area contributed by atoms with E-state index in [1.807, 2.05) is 6.07 Å². The molecular weight excluding hydrogens is 300 g/mol. The Morgan fingerprint density at radius 2 is 2.22 bits per heavy atom. The van der Waals surface area contributed by atoms with Gasteiger partial charge in [0.15, 0.2) is 0 Å². The minimum Gasteiger partial charge on any atom is -0.448 e. The van der Waals surface area contributed by atoms with Crippen molar-refractivity contribution in [3.63, 3.8) is 0 Å². The number of aromatic nitrogens is 2. The number of rotatable bonds is 6. The van der Waals surface area contributed by atoms with Gasteiger partial charge in [-0.05, 0) is 25.0 Å². The van der Waals surface area contributed by atoms with Crippen LogP contribution in [0, 0.1) is 0 Å². The molecule has 0 bridgehead atoms. The van der Waals surface area contributed by atoms with Crippen LogP contribution in [-0.4, -0.2) is 35.3 Å². The van der Waals surface area contributed by atoms with Gasteiger partial charge in [0, 0.05) is 17.0 Å². The molecule has 23 heavy (non-hydrogen) atoms. The number of nitrogens with zero attached hydrogens (tertiary/aromatic N) is 2. The number of nitrogens with one attached hydrogen (secondary N) is 1. The number of amides is 2. The second-order valence-electron chi connectivity index (χ2n) is 5.23. The van der Waals surface area contributed by atoms with E-state index in [1.54, 1.807) is 18.2 Å². The van der Waals surface area contributed by atoms with Gasteiger partial charge in [0.1, 0.15) is 6.61 Å². The van der Waals surface area contributed by atoms with E-state index in [0.29, 0.717) is 28.8 Å². The maximum absolute atomic E-state index is 12.0. The fraction of sp³-hybridized carbons (Fsp3) is 0.333. The number of primary amides is 1. The maximum atomic E-state index is 12.0. The standard InChI is InChI=1S/C15H16N4O4/c16-15(21)22-7-6-17-13(20)11-3-1-2-10(8-11)12-18-14(23-19-12)9-4-5-9/h1-3,8-9H,4-7H2,(H2,16,21)(H,17,20). The van der Waals surface area contributed by atoms with Crippen LogP contribution in [0.2, 0.25) is 0 Å². The summed E-state index contributed by atoms with van der Waals surface area (Å²) in [6.07, 6.45) is 1.29. The fourth-order valence-corrected chi connectivity index (χ4v) is 2.07. The zero-order valence-electron chi connectivity index (χ0n) is 12.3. The molecule has 0 spiro atoms. The Bertz CT molecular complexity index is 724. The minimum atomic E-state index is -0.871. The smallest absolute Gasteiger partial charge is 0.404 e. The van der Waals surface area contributed by atoms with Crippen LogP contribution in [0.15, 0.2) is 28.8 Å². The first-order valence-electron chi connectivity index (χ1n) is 7.28. The lowest BCUT2D eigenvalue weighted by Crippen LogP contribution is -2.29. The molecule has 8 nitrogen and oxygen atoms in total. The van der Waals surface area contributed by atoms with Crippen molar-refractivity contribution in [1.82, 2.24) is 15.5 Å². The summed E-state index contributed by atoms with van der Waals surface area (Å²) in [6.45, 7) is 0.205. The average Bonchev–Trinajstić information content (AvgIpc) is 3.28. The van der Waals surface area contributed by atoms with Crippen LogP contribution < -0.4 is 11.1 Å². The number of hydrogen-bond donors (Lipinski definition) is 2. The molecule has 1 fully saturated rings. The van der Waals surface area contributed by atoms with Crippen molar-refractivity contribution in [2.45, 2.75) is 18.8 Å². The predicted octanol–water partition coefficient (Wildman–Crippen LogP) is 1.44. The lowest BCUT2D eigenvalue weighted by Gasteiger charge is -2.06. The van der Waals surface area contributed by atoms with Crippen molar-refractivity contribution in [3.8, 4) is 11.4 Å². The lowest BCUT2D eigenvalue weighted by atomic mass is 10.1. The van der Waals surface area contributed by atoms with Crippen molar-refractivity contribution in [2.75, 3.05) is 13.2 Å². The Kier molecular flexibility index (Phi) is 4.22. The van der Waals surface area contributed by atoms with Gasteiger partial charge in [-0.15, -0.1) is 0 Å². The second-order valence-corrected chi connectivity index (χ2v) is 5.23. The highest BCUT2D eigenvalue weighted by Gasteiger charge is 2.29. The van der Waals surface area contributed by atoms with Crippen LogP contribution in [0.25, 0.3) is 11.4 Å². The molecule has 1 saturated carbocycles. The monoisotopic (exact) mass is 316 g/mol. The summed E-state index contributed by atoms with van der Waals surface area (Å²) >= 11 is 0. The van der Waals surface area contributed by atoms with Gasteiger partial charge >= 0.3 is 6.09 Å². The topological polar surface area (TPSA) is 120 Å². The lowest BCUT2D eigenvalue weighted by molar-refractivity contribution is 0.0937. The Balaban J connectivity index is 1.64. The van der Waals surface area contributed by atoms with Crippen molar-refractivity contribution in [2.24, 2.45) is 5.73 Å². The van der Waals surface area contributed by atoms with E-state index >= 15 is 0 Å². The Morgan fingerprint density at radius 3 is 2.96 bits per heavy atom. The molecule has 120 valence electrons. The van der Waals surface area contributed by atoms with Gasteiger partial charge < -0.3 is 20.3 Å². The van der Waals surface area contributed by atoms with Crippen molar-refractivity contribution in [1.29, 1.82) is 0 Å². The SMILES string of the molecule is NC(=O)OCCNC(=O)c1cccc(-c2noc(C3CC3)n2)c1. The van der Waals surface area contributed by atoms with Crippen LogP contribution in [0.1, 0.15) is 35.0 Å². The Morgan fingerprint density at radius 1 is 1.39 bits per heavy atom. The van der Waals surface area contributed by atoms with Crippen LogP contribution >= 0.6 is 0 Å². The van der Waals surface area contributed by atoms with Crippen LogP contribution in [0.5, 0.6) is 0 Å². The first kappa shape index (κ1) is 15.0. The number of benzene rings is 1. The highest BCUT2D eigenvalue weighted by atomic mass is 16.5. The quantitative estimate of drug-likeness (QED) is 0.778. The second kappa shape index (κ2) is 6.47. The average molecular weight is 316 g/mol. The van der Waals surface area contributed by atoms with Crippen LogP contribution in [0.3, 0.4) is 0 Å². The van der Waals surface area contributed by atoms with E-state index in [9.17, 15) is 9.59 Å². The highest BCUT2D eigenvalue weighted by Crippen LogP contribution is 2.39. The fourth-order valence-electron chi connectivity index (χ4n) is 2.07. The third-order valence-electron chi connectivity index (χ3n) is 3.38. The maximum Gasteiger partial charge on any atom is 0.404 e. The molecule has 3 rings (SSSR count). The molecule has 1 aromatic carbocycles. The predicted molar refractivity (Wildman–Crippen MR) is 79.6 cm³/mol. The van der Waals surface area contributed by atoms with Gasteiger partial charge in [-0.3, -0.25) is 4.79 Å². The zero-order valence-corrected chi connectivity index (χ0v) is 12.3. The van der Waals surface area contributed by atoms with E-state index in [-0.39, 0.29) is 19.1 Å². The highest BCUT2D eigenvalue weighted by molar-refractivity contribution is 5.95. The van der Waals surface area contributed by atoms with Gasteiger partial charge in [0.2, 0.25) is 11.7 Å². The van der Waals surface area contributed by atoms with Gasteiger partial charge in [0.25, 0.3) is 5.91 Å². The van der Waals surface area contributed by atoms with Gasteiger partial charge in [-0.2, -0.15) is 4.98 Å². The molecule has 2 aromatic rings. The van der Waals surface area contributed by atoms with Crippen LogP contribution in [0.4, 0.5) is 4.79 Å². The first-order valence-corrected chi connectivity index (χ1v) is 7.28. The van der Waals surface area contributed by atoms with Crippen molar-refractivity contribution < 1.29 is 18.8 Å². The van der Waals surface area contributed by atoms with Gasteiger partial charge in [-0.25, -0.2) is 4.79 Å². The number of carbonyl (C=O) groups excluding carboxylic acids is 2. The molecule has 0 aliphatic heterocycles. The summed E-state index contributed by atoms with van der Waals surface area (Å²) in [4.78, 5) is 26.8. The van der Waals surface area contributed by atoms with E-state index in [4.69, 9.17) is 10.3 Å². The molecule has 2 amide bonds. The summed E-state index contributed by atoms with van der Waals surface area (Å²) in [5.41, 5.74) is 6.00. The molecule has 1 aliphatic carbocycles. The summed E-state index contributed by atoms with van der Waals surface area (Å²) in [5, 5.41) is 6.58. The molecule has 1 aromatic heterocycles. The number of carbonyl (C=O) groups is 2. The summed E-state index contributed by atoms with van der Waals surface area (Å²) in [6, 6.07) is 6.92. The third kappa shape index (κ3) is 3.85. The zero-order chi connectivity index (χ0) is 16.2. The molecule has 0 radical (unpaired) electrons. The van der Waals surface area contributed by atoms with Crippen molar-refractivity contribution >= 4 is 12.0 Å². The molecule has 1 heterocycles. The Hall–Kier alpha value is -2.90. The minimum absolute atomic E-state index is 0.0242. The van der Waals surface area contributed by atoms with Gasteiger partial charge in [0.05, 0.1) is 6.54 Å². The molecule has 3 N–H and O–H groups in total. The molecule has 1 aliphatic rings. The molecular formula is C15H16N4O4. The van der Waals surface area contributed by atoms with E-state index < -0.39 is 6.09 Å². The summed E-state index contributed by atoms with van der Waals surface area (Å²) < 4.78 is 9.77. The number of nitrogens with two attached hydrogens (primary N) is 1. The van der Waals surface area contributed by atoms with Crippen LogP contribution in [-0.2, 0) is 4.74 Å². The normalized spacial score (nSPS) is 13.6. The van der Waals surface area contributed by atoms with Gasteiger partial charge in [-0.1, -0.05) is 17.3 Å². The molecule has 0 atom stereocenters. The Labute approximate surface area is 132 Å². The first-order chi connectivity index (χ1) is 11.1. The summed E-state index contributed by atoms with van der Waals surface area (Å²) in [5.74, 6) is 1.22. The van der Waals surface area contributed by atoms with E-state index in [0.717, 1.165) is 12.8 Å².